The van der Waals surface area contributed by atoms with E-state index in [9.17, 15) is 0 Å². The topological polar surface area (TPSA) is 56.7 Å². The van der Waals surface area contributed by atoms with Crippen molar-refractivity contribution in [2.75, 3.05) is 5.73 Å². The summed E-state index contributed by atoms with van der Waals surface area (Å²) in [7, 11) is 0. The molecule has 0 atom stereocenters. The molecule has 2 N–H and O–H groups in total. The lowest BCUT2D eigenvalue weighted by Crippen LogP contribution is -2.22. The van der Waals surface area contributed by atoms with E-state index in [4.69, 9.17) is 5.73 Å². The van der Waals surface area contributed by atoms with Crippen LogP contribution in [0.4, 0.5) is 5.95 Å². The highest BCUT2D eigenvalue weighted by Gasteiger charge is 2.20. The van der Waals surface area contributed by atoms with E-state index in [0.717, 1.165) is 17.7 Å². The summed E-state index contributed by atoms with van der Waals surface area (Å²) >= 11 is 0. The standard InChI is InChI=1S/C14H22N4/c1-9(2)11(10(3)4)8-18-13-12(17-14(18)15)6-5-7-16-13/h5-7,9-11H,8H2,1-4H3,(H2,15,17). The number of fused-ring (bicyclic) bond motifs is 1. The first-order chi connectivity index (χ1) is 8.50. The Labute approximate surface area is 108 Å². The highest BCUT2D eigenvalue weighted by Crippen LogP contribution is 2.25. The molecule has 0 unspecified atom stereocenters. The third-order valence-electron chi connectivity index (χ3n) is 3.64. The zero-order valence-corrected chi connectivity index (χ0v) is 11.6. The fourth-order valence-corrected chi connectivity index (χ4v) is 2.56. The van der Waals surface area contributed by atoms with Crippen LogP contribution in [0.25, 0.3) is 11.2 Å². The van der Waals surface area contributed by atoms with E-state index in [-0.39, 0.29) is 0 Å². The number of imidazole rings is 1. The molecule has 0 aliphatic carbocycles. The molecule has 0 aliphatic rings. The number of nitrogen functional groups attached to an aromatic ring is 1. The minimum absolute atomic E-state index is 0.565. The first kappa shape index (κ1) is 12.9. The molecule has 98 valence electrons. The van der Waals surface area contributed by atoms with E-state index >= 15 is 0 Å². The molecule has 2 heterocycles. The molecule has 4 heteroatoms. The van der Waals surface area contributed by atoms with Crippen LogP contribution in [0.3, 0.4) is 0 Å². The van der Waals surface area contributed by atoms with Crippen molar-refractivity contribution in [1.82, 2.24) is 14.5 Å². The summed E-state index contributed by atoms with van der Waals surface area (Å²) in [5, 5.41) is 0. The number of aromatic nitrogens is 3. The van der Waals surface area contributed by atoms with Crippen molar-refractivity contribution in [3.8, 4) is 0 Å². The summed E-state index contributed by atoms with van der Waals surface area (Å²) < 4.78 is 2.04. The van der Waals surface area contributed by atoms with E-state index in [1.807, 2.05) is 16.7 Å². The minimum Gasteiger partial charge on any atom is -0.369 e. The van der Waals surface area contributed by atoms with E-state index in [0.29, 0.717) is 23.7 Å². The van der Waals surface area contributed by atoms with Crippen LogP contribution in [0.15, 0.2) is 18.3 Å². The van der Waals surface area contributed by atoms with Crippen molar-refractivity contribution in [2.24, 2.45) is 17.8 Å². The lowest BCUT2D eigenvalue weighted by molar-refractivity contribution is 0.255. The van der Waals surface area contributed by atoms with Crippen molar-refractivity contribution in [3.05, 3.63) is 18.3 Å². The number of nitrogens with zero attached hydrogens (tertiary/aromatic N) is 3. The second kappa shape index (κ2) is 4.96. The van der Waals surface area contributed by atoms with E-state index < -0.39 is 0 Å². The monoisotopic (exact) mass is 246 g/mol. The van der Waals surface area contributed by atoms with Crippen molar-refractivity contribution >= 4 is 17.1 Å². The maximum atomic E-state index is 6.01. The predicted octanol–water partition coefficient (Wildman–Crippen LogP) is 2.94. The van der Waals surface area contributed by atoms with Crippen LogP contribution in [0.5, 0.6) is 0 Å². The third-order valence-corrected chi connectivity index (χ3v) is 3.64. The van der Waals surface area contributed by atoms with Gasteiger partial charge in [0, 0.05) is 12.7 Å². The van der Waals surface area contributed by atoms with Crippen LogP contribution >= 0.6 is 0 Å². The summed E-state index contributed by atoms with van der Waals surface area (Å²) in [6, 6.07) is 3.84. The molecule has 0 saturated carbocycles. The summed E-state index contributed by atoms with van der Waals surface area (Å²) in [5.74, 6) is 2.37. The Morgan fingerprint density at radius 3 is 2.50 bits per heavy atom. The van der Waals surface area contributed by atoms with Crippen LogP contribution in [-0.4, -0.2) is 14.5 Å². The molecule has 0 saturated heterocycles. The van der Waals surface area contributed by atoms with Gasteiger partial charge in [0.15, 0.2) is 5.65 Å². The van der Waals surface area contributed by atoms with Gasteiger partial charge in [0.25, 0.3) is 0 Å². The van der Waals surface area contributed by atoms with Crippen LogP contribution in [0, 0.1) is 17.8 Å². The molecule has 0 aliphatic heterocycles. The molecule has 2 aromatic heterocycles. The summed E-state index contributed by atoms with van der Waals surface area (Å²) in [6.07, 6.45) is 1.79. The Morgan fingerprint density at radius 1 is 1.22 bits per heavy atom. The van der Waals surface area contributed by atoms with E-state index in [2.05, 4.69) is 37.7 Å². The van der Waals surface area contributed by atoms with Crippen molar-refractivity contribution in [1.29, 1.82) is 0 Å². The maximum Gasteiger partial charge on any atom is 0.202 e. The normalized spacial score (nSPS) is 12.2. The lowest BCUT2D eigenvalue weighted by atomic mass is 9.85. The molecule has 0 radical (unpaired) electrons. The number of anilines is 1. The molecule has 2 rings (SSSR count). The molecule has 18 heavy (non-hydrogen) atoms. The van der Waals surface area contributed by atoms with Crippen molar-refractivity contribution in [2.45, 2.75) is 34.2 Å². The van der Waals surface area contributed by atoms with Gasteiger partial charge in [-0.1, -0.05) is 27.7 Å². The van der Waals surface area contributed by atoms with Gasteiger partial charge in [0.1, 0.15) is 5.52 Å². The molecule has 0 aromatic carbocycles. The zero-order valence-electron chi connectivity index (χ0n) is 11.6. The van der Waals surface area contributed by atoms with Crippen LogP contribution in [-0.2, 0) is 6.54 Å². The second-order valence-corrected chi connectivity index (χ2v) is 5.58. The average Bonchev–Trinajstić information content (AvgIpc) is 2.61. The Kier molecular flexibility index (Phi) is 3.55. The Bertz CT molecular complexity index is 520. The van der Waals surface area contributed by atoms with Crippen molar-refractivity contribution < 1.29 is 0 Å². The van der Waals surface area contributed by atoms with E-state index in [1.54, 1.807) is 6.20 Å². The van der Waals surface area contributed by atoms with E-state index in [1.165, 1.54) is 0 Å². The fourth-order valence-electron chi connectivity index (χ4n) is 2.56. The molecule has 0 fully saturated rings. The van der Waals surface area contributed by atoms with Crippen LogP contribution in [0.1, 0.15) is 27.7 Å². The third kappa shape index (κ3) is 2.33. The van der Waals surface area contributed by atoms with Gasteiger partial charge in [-0.05, 0) is 29.9 Å². The first-order valence-electron chi connectivity index (χ1n) is 6.57. The van der Waals surface area contributed by atoms with Gasteiger partial charge in [-0.15, -0.1) is 0 Å². The average molecular weight is 246 g/mol. The molecule has 0 spiro atoms. The number of hydrogen-bond donors (Lipinski definition) is 1. The van der Waals surface area contributed by atoms with Gasteiger partial charge in [-0.2, -0.15) is 0 Å². The maximum absolute atomic E-state index is 6.01. The SMILES string of the molecule is CC(C)C(Cn1c(N)nc2cccnc21)C(C)C. The Hall–Kier alpha value is -1.58. The summed E-state index contributed by atoms with van der Waals surface area (Å²) in [4.78, 5) is 8.76. The van der Waals surface area contributed by atoms with Crippen LogP contribution in [0.2, 0.25) is 0 Å². The Morgan fingerprint density at radius 2 is 1.89 bits per heavy atom. The van der Waals surface area contributed by atoms with Gasteiger partial charge in [0.05, 0.1) is 0 Å². The number of nitrogens with two attached hydrogens (primary N) is 1. The number of rotatable bonds is 4. The second-order valence-electron chi connectivity index (χ2n) is 5.58. The van der Waals surface area contributed by atoms with Gasteiger partial charge < -0.3 is 5.73 Å². The highest BCUT2D eigenvalue weighted by atomic mass is 15.2. The van der Waals surface area contributed by atoms with Crippen molar-refractivity contribution in [3.63, 3.8) is 0 Å². The largest absolute Gasteiger partial charge is 0.369 e. The molecule has 4 nitrogen and oxygen atoms in total. The van der Waals surface area contributed by atoms with Crippen LogP contribution < -0.4 is 5.73 Å². The van der Waals surface area contributed by atoms with Gasteiger partial charge >= 0.3 is 0 Å². The van der Waals surface area contributed by atoms with Gasteiger partial charge in [-0.3, -0.25) is 4.57 Å². The fraction of sp³-hybridized carbons (Fsp3) is 0.571. The van der Waals surface area contributed by atoms with Gasteiger partial charge in [-0.25, -0.2) is 9.97 Å². The zero-order chi connectivity index (χ0) is 13.3. The molecule has 0 amide bonds. The Balaban J connectivity index is 2.39. The quantitative estimate of drug-likeness (QED) is 0.902. The predicted molar refractivity (Wildman–Crippen MR) is 75.1 cm³/mol. The smallest absolute Gasteiger partial charge is 0.202 e. The molecule has 2 aromatic rings. The lowest BCUT2D eigenvalue weighted by Gasteiger charge is -2.25. The van der Waals surface area contributed by atoms with Gasteiger partial charge in [0.2, 0.25) is 5.95 Å². The number of hydrogen-bond acceptors (Lipinski definition) is 3. The molecule has 0 bridgehead atoms. The number of pyridine rings is 1. The molecular weight excluding hydrogens is 224 g/mol. The minimum atomic E-state index is 0.565. The summed E-state index contributed by atoms with van der Waals surface area (Å²) in [5.41, 5.74) is 7.78. The summed E-state index contributed by atoms with van der Waals surface area (Å²) in [6.45, 7) is 9.91. The highest BCUT2D eigenvalue weighted by molar-refractivity contribution is 5.73. The first-order valence-corrected chi connectivity index (χ1v) is 6.57. The molecular formula is C14H22N4.